The zero-order valence-corrected chi connectivity index (χ0v) is 14.5. The van der Waals surface area contributed by atoms with Crippen molar-refractivity contribution in [3.63, 3.8) is 0 Å². The zero-order valence-electron chi connectivity index (χ0n) is 13.7. The molecule has 4 aliphatic carbocycles. The number of carbonyl (C=O) groups excluding carboxylic acids is 1. The van der Waals surface area contributed by atoms with Gasteiger partial charge in [0.1, 0.15) is 0 Å². The maximum atomic E-state index is 12.0. The SMILES string of the molecule is C[C@@]12CC[C@@H]3[C@H](CCC4=C(Cl)C(=O)CC[C@]43C)[C@H]1CC[C@H]2O. The van der Waals surface area contributed by atoms with Crippen LogP contribution < -0.4 is 0 Å². The molecule has 0 amide bonds. The van der Waals surface area contributed by atoms with Gasteiger partial charge >= 0.3 is 0 Å². The molecule has 0 radical (unpaired) electrons. The lowest BCUT2D eigenvalue weighted by atomic mass is 9.47. The van der Waals surface area contributed by atoms with Gasteiger partial charge in [0.2, 0.25) is 0 Å². The predicted octanol–water partition coefficient (Wildman–Crippen LogP) is 4.45. The van der Waals surface area contributed by atoms with Crippen LogP contribution in [0.15, 0.2) is 10.6 Å². The van der Waals surface area contributed by atoms with Crippen molar-refractivity contribution in [3.8, 4) is 0 Å². The van der Waals surface area contributed by atoms with E-state index in [4.69, 9.17) is 11.6 Å². The highest BCUT2D eigenvalue weighted by atomic mass is 35.5. The molecule has 6 atom stereocenters. The second-order valence-electron chi connectivity index (χ2n) is 8.69. The molecule has 0 unspecified atom stereocenters. The molecule has 0 saturated heterocycles. The van der Waals surface area contributed by atoms with Crippen molar-refractivity contribution in [2.75, 3.05) is 0 Å². The summed E-state index contributed by atoms with van der Waals surface area (Å²) in [6.07, 6.45) is 8.11. The number of Topliss-reactive ketones (excluding diaryl/α,β-unsaturated/α-hetero) is 1. The minimum atomic E-state index is -0.111. The summed E-state index contributed by atoms with van der Waals surface area (Å²) >= 11 is 6.41. The summed E-state index contributed by atoms with van der Waals surface area (Å²) in [6.45, 7) is 4.68. The molecule has 1 N–H and O–H groups in total. The van der Waals surface area contributed by atoms with Gasteiger partial charge in [0.05, 0.1) is 11.1 Å². The number of ketones is 1. The molecular weight excluding hydrogens is 296 g/mol. The van der Waals surface area contributed by atoms with Gasteiger partial charge in [-0.25, -0.2) is 0 Å². The monoisotopic (exact) mass is 322 g/mol. The first-order valence-electron chi connectivity index (χ1n) is 8.98. The van der Waals surface area contributed by atoms with Gasteiger partial charge in [-0.05, 0) is 79.1 Å². The molecular formula is C19H27ClO2. The third kappa shape index (κ3) is 1.80. The van der Waals surface area contributed by atoms with Crippen LogP contribution in [0.2, 0.25) is 0 Å². The molecule has 3 saturated carbocycles. The van der Waals surface area contributed by atoms with Crippen molar-refractivity contribution in [2.45, 2.75) is 71.3 Å². The van der Waals surface area contributed by atoms with Crippen molar-refractivity contribution in [2.24, 2.45) is 28.6 Å². The average Bonchev–Trinajstić information content (AvgIpc) is 2.79. The van der Waals surface area contributed by atoms with E-state index in [1.165, 1.54) is 18.4 Å². The number of carbonyl (C=O) groups is 1. The topological polar surface area (TPSA) is 37.3 Å². The number of rotatable bonds is 0. The van der Waals surface area contributed by atoms with E-state index in [9.17, 15) is 9.90 Å². The van der Waals surface area contributed by atoms with E-state index in [2.05, 4.69) is 13.8 Å². The number of allylic oxidation sites excluding steroid dienone is 1. The fraction of sp³-hybridized carbons (Fsp3) is 0.842. The highest BCUT2D eigenvalue weighted by Crippen LogP contribution is 2.65. The Balaban J connectivity index is 1.72. The van der Waals surface area contributed by atoms with Crippen LogP contribution in [0.4, 0.5) is 0 Å². The molecule has 0 aromatic rings. The van der Waals surface area contributed by atoms with Gasteiger partial charge in [-0.15, -0.1) is 0 Å². The Bertz CT molecular complexity index is 554. The van der Waals surface area contributed by atoms with Gasteiger partial charge in [0.25, 0.3) is 0 Å². The Morgan fingerprint density at radius 1 is 1.05 bits per heavy atom. The van der Waals surface area contributed by atoms with E-state index >= 15 is 0 Å². The molecule has 0 aromatic carbocycles. The predicted molar refractivity (Wildman–Crippen MR) is 87.5 cm³/mol. The Labute approximate surface area is 138 Å². The average molecular weight is 323 g/mol. The summed E-state index contributed by atoms with van der Waals surface area (Å²) in [5, 5.41) is 11.0. The Morgan fingerprint density at radius 2 is 1.82 bits per heavy atom. The zero-order chi connectivity index (χ0) is 15.7. The van der Waals surface area contributed by atoms with Crippen LogP contribution in [0.1, 0.15) is 65.2 Å². The number of hydrogen-bond donors (Lipinski definition) is 1. The van der Waals surface area contributed by atoms with Gasteiger partial charge in [-0.1, -0.05) is 25.4 Å². The van der Waals surface area contributed by atoms with Crippen LogP contribution >= 0.6 is 11.6 Å². The second kappa shape index (κ2) is 4.83. The number of aliphatic hydroxyl groups excluding tert-OH is 1. The smallest absolute Gasteiger partial charge is 0.174 e. The van der Waals surface area contributed by atoms with E-state index < -0.39 is 0 Å². The minimum Gasteiger partial charge on any atom is -0.393 e. The number of fused-ring (bicyclic) bond motifs is 5. The van der Waals surface area contributed by atoms with Crippen molar-refractivity contribution >= 4 is 17.4 Å². The largest absolute Gasteiger partial charge is 0.393 e. The molecule has 4 aliphatic rings. The van der Waals surface area contributed by atoms with Crippen molar-refractivity contribution in [1.29, 1.82) is 0 Å². The van der Waals surface area contributed by atoms with Crippen molar-refractivity contribution in [1.82, 2.24) is 0 Å². The van der Waals surface area contributed by atoms with Gasteiger partial charge in [-0.3, -0.25) is 4.79 Å². The maximum absolute atomic E-state index is 12.0. The second-order valence-corrected chi connectivity index (χ2v) is 9.06. The minimum absolute atomic E-state index is 0.111. The highest BCUT2D eigenvalue weighted by Gasteiger charge is 2.59. The molecule has 2 nitrogen and oxygen atoms in total. The van der Waals surface area contributed by atoms with E-state index in [1.54, 1.807) is 0 Å². The number of halogens is 1. The molecule has 0 aromatic heterocycles. The first-order valence-corrected chi connectivity index (χ1v) is 9.36. The molecule has 0 spiro atoms. The van der Waals surface area contributed by atoms with Crippen LogP contribution in [0.3, 0.4) is 0 Å². The van der Waals surface area contributed by atoms with Crippen LogP contribution in [0.5, 0.6) is 0 Å². The number of hydrogen-bond acceptors (Lipinski definition) is 2. The van der Waals surface area contributed by atoms with Crippen LogP contribution in [0, 0.1) is 28.6 Å². The molecule has 0 bridgehead atoms. The van der Waals surface area contributed by atoms with E-state index in [0.717, 1.165) is 32.1 Å². The van der Waals surface area contributed by atoms with Crippen LogP contribution in [-0.2, 0) is 4.79 Å². The lowest BCUT2D eigenvalue weighted by Crippen LogP contribution is -2.51. The first-order chi connectivity index (χ1) is 10.4. The first kappa shape index (κ1) is 15.2. The molecule has 0 heterocycles. The lowest BCUT2D eigenvalue weighted by Gasteiger charge is -2.57. The summed E-state index contributed by atoms with van der Waals surface area (Å²) in [6, 6.07) is 0. The van der Waals surface area contributed by atoms with Gasteiger partial charge in [0.15, 0.2) is 5.78 Å². The molecule has 0 aliphatic heterocycles. The summed E-state index contributed by atoms with van der Waals surface area (Å²) in [5.74, 6) is 2.18. The standard InChI is InChI=1S/C19H27ClO2/c1-18-10-8-15(21)17(20)14(18)4-3-11-12-5-6-16(22)19(12,2)9-7-13(11)18/h11-13,16,22H,3-10H2,1-2H3/t11-,12-,13-,16-,18+,19-/m1/s1. The molecule has 3 fully saturated rings. The number of aliphatic hydroxyl groups is 1. The third-order valence-electron chi connectivity index (χ3n) is 8.00. The van der Waals surface area contributed by atoms with E-state index in [0.29, 0.717) is 29.2 Å². The fourth-order valence-electron chi connectivity index (χ4n) is 6.62. The summed E-state index contributed by atoms with van der Waals surface area (Å²) in [4.78, 5) is 12.0. The van der Waals surface area contributed by atoms with Crippen LogP contribution in [0.25, 0.3) is 0 Å². The van der Waals surface area contributed by atoms with E-state index in [1.807, 2.05) is 0 Å². The van der Waals surface area contributed by atoms with Crippen LogP contribution in [-0.4, -0.2) is 17.0 Å². The Kier molecular flexibility index (Phi) is 3.34. The fourth-order valence-corrected chi connectivity index (χ4v) is 7.03. The van der Waals surface area contributed by atoms with Gasteiger partial charge < -0.3 is 5.11 Å². The lowest BCUT2D eigenvalue weighted by molar-refractivity contribution is -0.118. The molecule has 3 heteroatoms. The Hall–Kier alpha value is -0.340. The molecule has 4 rings (SSSR count). The summed E-state index contributed by atoms with van der Waals surface area (Å²) in [5.41, 5.74) is 1.52. The van der Waals surface area contributed by atoms with Crippen molar-refractivity contribution in [3.05, 3.63) is 10.6 Å². The maximum Gasteiger partial charge on any atom is 0.174 e. The summed E-state index contributed by atoms with van der Waals surface area (Å²) < 4.78 is 0. The highest BCUT2D eigenvalue weighted by molar-refractivity contribution is 6.43. The Morgan fingerprint density at radius 3 is 2.59 bits per heavy atom. The third-order valence-corrected chi connectivity index (χ3v) is 8.44. The van der Waals surface area contributed by atoms with E-state index in [-0.39, 0.29) is 22.7 Å². The quantitative estimate of drug-likeness (QED) is 0.715. The molecule has 22 heavy (non-hydrogen) atoms. The normalized spacial score (nSPS) is 51.4. The van der Waals surface area contributed by atoms with Gasteiger partial charge in [-0.2, -0.15) is 0 Å². The molecule has 122 valence electrons. The van der Waals surface area contributed by atoms with Gasteiger partial charge in [0, 0.05) is 6.42 Å². The van der Waals surface area contributed by atoms with Crippen molar-refractivity contribution < 1.29 is 9.90 Å². The summed E-state index contributed by atoms with van der Waals surface area (Å²) in [7, 11) is 0.